The van der Waals surface area contributed by atoms with Gasteiger partial charge in [-0.2, -0.15) is 5.26 Å². The van der Waals surface area contributed by atoms with E-state index < -0.39 is 22.8 Å². The predicted molar refractivity (Wildman–Crippen MR) is 71.2 cm³/mol. The van der Waals surface area contributed by atoms with Crippen molar-refractivity contribution >= 4 is 17.6 Å². The second-order valence-corrected chi connectivity index (χ2v) is 4.26. The van der Waals surface area contributed by atoms with Crippen molar-refractivity contribution in [3.63, 3.8) is 0 Å². The Bertz CT molecular complexity index is 594. The summed E-state index contributed by atoms with van der Waals surface area (Å²) in [4.78, 5) is 32.7. The predicted octanol–water partition coefficient (Wildman–Crippen LogP) is 1.01. The molecule has 0 heterocycles. The monoisotopic (exact) mass is 291 g/mol. The molecule has 0 fully saturated rings. The highest BCUT2D eigenvalue weighted by atomic mass is 16.6. The zero-order chi connectivity index (χ0) is 15.8. The Hall–Kier alpha value is -2.95. The molecule has 1 amide bonds. The van der Waals surface area contributed by atoms with Gasteiger partial charge in [-0.25, -0.2) is 4.79 Å². The maximum Gasteiger partial charge on any atom is 0.326 e. The molecule has 2 N–H and O–H groups in total. The number of carboxylic acids is 1. The minimum absolute atomic E-state index is 0.00646. The highest BCUT2D eigenvalue weighted by Gasteiger charge is 2.19. The number of rotatable bonds is 7. The second kappa shape index (κ2) is 7.59. The number of carbonyl (C=O) groups is 2. The summed E-state index contributed by atoms with van der Waals surface area (Å²) in [5, 5.41) is 30.3. The van der Waals surface area contributed by atoms with Crippen molar-refractivity contribution in [1.82, 2.24) is 5.32 Å². The molecule has 8 nitrogen and oxygen atoms in total. The maximum atomic E-state index is 11.7. The SMILES string of the molecule is N#CCC[C@@H](NC(=O)Cc1cccc([N+](=O)[O-])c1)C(=O)O. The van der Waals surface area contributed by atoms with E-state index in [4.69, 9.17) is 10.4 Å². The molecule has 1 rings (SSSR count). The fourth-order valence-corrected chi connectivity index (χ4v) is 1.68. The van der Waals surface area contributed by atoms with Gasteiger partial charge in [-0.3, -0.25) is 14.9 Å². The summed E-state index contributed by atoms with van der Waals surface area (Å²) in [6, 6.07) is 6.21. The Morgan fingerprint density at radius 3 is 2.76 bits per heavy atom. The molecule has 0 bridgehead atoms. The third kappa shape index (κ3) is 5.28. The van der Waals surface area contributed by atoms with Crippen LogP contribution in [0.25, 0.3) is 0 Å². The van der Waals surface area contributed by atoms with Crippen molar-refractivity contribution in [3.05, 3.63) is 39.9 Å². The molecule has 0 aliphatic heterocycles. The third-order valence-electron chi connectivity index (χ3n) is 2.66. The lowest BCUT2D eigenvalue weighted by molar-refractivity contribution is -0.384. The highest BCUT2D eigenvalue weighted by molar-refractivity contribution is 5.84. The minimum Gasteiger partial charge on any atom is -0.480 e. The van der Waals surface area contributed by atoms with Crippen LogP contribution in [-0.4, -0.2) is 27.9 Å². The number of nitro benzene ring substituents is 1. The molecule has 1 aromatic rings. The normalized spacial score (nSPS) is 11.2. The summed E-state index contributed by atoms with van der Waals surface area (Å²) in [5.74, 6) is -1.79. The molecule has 0 unspecified atom stereocenters. The van der Waals surface area contributed by atoms with Crippen LogP contribution in [0.4, 0.5) is 5.69 Å². The van der Waals surface area contributed by atoms with E-state index in [0.717, 1.165) is 0 Å². The van der Waals surface area contributed by atoms with E-state index in [1.807, 2.05) is 0 Å². The maximum absolute atomic E-state index is 11.7. The van der Waals surface area contributed by atoms with E-state index in [9.17, 15) is 19.7 Å². The Balaban J connectivity index is 2.68. The summed E-state index contributed by atoms with van der Waals surface area (Å²) >= 11 is 0. The Kier molecular flexibility index (Phi) is 5.82. The lowest BCUT2D eigenvalue weighted by atomic mass is 10.1. The number of hydrogen-bond donors (Lipinski definition) is 2. The van der Waals surface area contributed by atoms with E-state index in [0.29, 0.717) is 5.56 Å². The average Bonchev–Trinajstić information content (AvgIpc) is 2.43. The molecule has 0 aromatic heterocycles. The van der Waals surface area contributed by atoms with Crippen molar-refractivity contribution < 1.29 is 19.6 Å². The van der Waals surface area contributed by atoms with E-state index in [1.165, 1.54) is 24.3 Å². The molecule has 110 valence electrons. The van der Waals surface area contributed by atoms with Gasteiger partial charge < -0.3 is 10.4 Å². The van der Waals surface area contributed by atoms with Crippen LogP contribution >= 0.6 is 0 Å². The Morgan fingerprint density at radius 1 is 1.48 bits per heavy atom. The lowest BCUT2D eigenvalue weighted by Crippen LogP contribution is -2.41. The van der Waals surface area contributed by atoms with E-state index in [1.54, 1.807) is 6.07 Å². The van der Waals surface area contributed by atoms with Crippen LogP contribution < -0.4 is 5.32 Å². The quantitative estimate of drug-likeness (QED) is 0.568. The lowest BCUT2D eigenvalue weighted by Gasteiger charge is -2.12. The molecule has 1 aromatic carbocycles. The molecule has 0 saturated carbocycles. The molecule has 8 heteroatoms. The third-order valence-corrected chi connectivity index (χ3v) is 2.66. The van der Waals surface area contributed by atoms with Crippen LogP contribution in [0.2, 0.25) is 0 Å². The van der Waals surface area contributed by atoms with Gasteiger partial charge in [0.15, 0.2) is 0 Å². The second-order valence-electron chi connectivity index (χ2n) is 4.26. The van der Waals surface area contributed by atoms with Crippen LogP contribution in [0.5, 0.6) is 0 Å². The molecule has 1 atom stereocenters. The Morgan fingerprint density at radius 2 is 2.19 bits per heavy atom. The van der Waals surface area contributed by atoms with E-state index >= 15 is 0 Å². The fraction of sp³-hybridized carbons (Fsp3) is 0.308. The smallest absolute Gasteiger partial charge is 0.326 e. The highest BCUT2D eigenvalue weighted by Crippen LogP contribution is 2.13. The number of non-ortho nitro benzene ring substituents is 1. The zero-order valence-electron chi connectivity index (χ0n) is 11.0. The van der Waals surface area contributed by atoms with Gasteiger partial charge >= 0.3 is 5.97 Å². The zero-order valence-corrected chi connectivity index (χ0v) is 11.0. The number of amides is 1. The van der Waals surface area contributed by atoms with E-state index in [-0.39, 0.29) is 24.9 Å². The Labute approximate surface area is 120 Å². The number of hydrogen-bond acceptors (Lipinski definition) is 5. The van der Waals surface area contributed by atoms with E-state index in [2.05, 4.69) is 5.32 Å². The first-order valence-electron chi connectivity index (χ1n) is 6.06. The number of carbonyl (C=O) groups excluding carboxylic acids is 1. The summed E-state index contributed by atoms with van der Waals surface area (Å²) in [5.41, 5.74) is 0.269. The van der Waals surface area contributed by atoms with Gasteiger partial charge in [-0.1, -0.05) is 12.1 Å². The minimum atomic E-state index is -1.22. The van der Waals surface area contributed by atoms with Gasteiger partial charge in [0.1, 0.15) is 6.04 Å². The molecule has 0 radical (unpaired) electrons. The number of aliphatic carboxylic acids is 1. The first kappa shape index (κ1) is 16.1. The molecular weight excluding hydrogens is 278 g/mol. The van der Waals surface area contributed by atoms with Crippen molar-refractivity contribution in [2.24, 2.45) is 0 Å². The summed E-state index contributed by atoms with van der Waals surface area (Å²) in [6.07, 6.45) is -0.154. The summed E-state index contributed by atoms with van der Waals surface area (Å²) in [7, 11) is 0. The summed E-state index contributed by atoms with van der Waals surface area (Å²) in [6.45, 7) is 0. The van der Waals surface area contributed by atoms with Crippen LogP contribution in [-0.2, 0) is 16.0 Å². The molecule has 0 saturated heterocycles. The molecule has 21 heavy (non-hydrogen) atoms. The van der Waals surface area contributed by atoms with Gasteiger partial charge in [0, 0.05) is 18.6 Å². The number of nitriles is 1. The molecule has 0 aliphatic carbocycles. The first-order chi connectivity index (χ1) is 9.93. The van der Waals surface area contributed by atoms with Gasteiger partial charge in [0.2, 0.25) is 5.91 Å². The van der Waals surface area contributed by atoms with Crippen molar-refractivity contribution in [3.8, 4) is 6.07 Å². The van der Waals surface area contributed by atoms with Gasteiger partial charge in [0.25, 0.3) is 5.69 Å². The van der Waals surface area contributed by atoms with Crippen LogP contribution in [0.15, 0.2) is 24.3 Å². The number of nitrogens with zero attached hydrogens (tertiary/aromatic N) is 2. The largest absolute Gasteiger partial charge is 0.480 e. The molecule has 0 aliphatic rings. The van der Waals surface area contributed by atoms with Crippen molar-refractivity contribution in [1.29, 1.82) is 5.26 Å². The standard InChI is InChI=1S/C13H13N3O5/c14-6-2-5-11(13(18)19)15-12(17)8-9-3-1-4-10(7-9)16(20)21/h1,3-4,7,11H,2,5,8H2,(H,15,17)(H,18,19)/t11-/m1/s1. The van der Waals surface area contributed by atoms with Gasteiger partial charge in [0.05, 0.1) is 17.4 Å². The van der Waals surface area contributed by atoms with Crippen LogP contribution in [0.1, 0.15) is 18.4 Å². The van der Waals surface area contributed by atoms with Crippen LogP contribution in [0.3, 0.4) is 0 Å². The average molecular weight is 291 g/mol. The fourth-order valence-electron chi connectivity index (χ4n) is 1.68. The number of nitrogens with one attached hydrogen (secondary N) is 1. The van der Waals surface area contributed by atoms with Crippen molar-refractivity contribution in [2.45, 2.75) is 25.3 Å². The van der Waals surface area contributed by atoms with Crippen molar-refractivity contribution in [2.75, 3.05) is 0 Å². The molecular formula is C13H13N3O5. The van der Waals surface area contributed by atoms with Crippen LogP contribution in [0, 0.1) is 21.4 Å². The number of nitro groups is 1. The summed E-state index contributed by atoms with van der Waals surface area (Å²) < 4.78 is 0. The number of carboxylic acid groups (broad SMARTS) is 1. The van der Waals surface area contributed by atoms with Gasteiger partial charge in [-0.15, -0.1) is 0 Å². The molecule has 0 spiro atoms. The first-order valence-corrected chi connectivity index (χ1v) is 6.06. The van der Waals surface area contributed by atoms with Gasteiger partial charge in [-0.05, 0) is 12.0 Å². The number of benzene rings is 1. The topological polar surface area (TPSA) is 133 Å².